The summed E-state index contributed by atoms with van der Waals surface area (Å²) >= 11 is 0. The third-order valence-electron chi connectivity index (χ3n) is 3.24. The summed E-state index contributed by atoms with van der Waals surface area (Å²) in [4.78, 5) is 24.0. The average Bonchev–Trinajstić information content (AvgIpc) is 2.64. The first-order chi connectivity index (χ1) is 7.20. The lowest BCUT2D eigenvalue weighted by Gasteiger charge is -2.34. The number of rotatable bonds is 2. The molecule has 2 atom stereocenters. The molecular formula is C10H15NO4. The topological polar surface area (TPSA) is 66.8 Å². The number of ether oxygens (including phenoxy) is 1. The molecule has 2 aliphatic rings. The Hall–Kier alpha value is -1.26. The third kappa shape index (κ3) is 1.91. The second kappa shape index (κ2) is 4.08. The zero-order valence-electron chi connectivity index (χ0n) is 8.52. The van der Waals surface area contributed by atoms with Crippen LogP contribution >= 0.6 is 0 Å². The van der Waals surface area contributed by atoms with Gasteiger partial charge < -0.3 is 14.7 Å². The van der Waals surface area contributed by atoms with E-state index < -0.39 is 11.9 Å². The molecule has 0 spiro atoms. The maximum absolute atomic E-state index is 11.4. The van der Waals surface area contributed by atoms with E-state index in [2.05, 4.69) is 0 Å². The van der Waals surface area contributed by atoms with Gasteiger partial charge in [-0.2, -0.15) is 0 Å². The summed E-state index contributed by atoms with van der Waals surface area (Å²) in [5, 5.41) is 9.08. The van der Waals surface area contributed by atoms with E-state index in [0.717, 1.165) is 19.3 Å². The van der Waals surface area contributed by atoms with Crippen molar-refractivity contribution in [2.24, 2.45) is 5.92 Å². The van der Waals surface area contributed by atoms with E-state index in [1.165, 1.54) is 0 Å². The highest BCUT2D eigenvalue weighted by Crippen LogP contribution is 2.30. The number of amides is 1. The van der Waals surface area contributed by atoms with Gasteiger partial charge in [0, 0.05) is 6.04 Å². The van der Waals surface area contributed by atoms with E-state index in [0.29, 0.717) is 19.6 Å². The molecule has 5 heteroatoms. The van der Waals surface area contributed by atoms with Crippen LogP contribution < -0.4 is 0 Å². The second-order valence-corrected chi connectivity index (χ2v) is 4.10. The van der Waals surface area contributed by atoms with Gasteiger partial charge in [-0.05, 0) is 12.8 Å². The van der Waals surface area contributed by atoms with Crippen LogP contribution in [0.15, 0.2) is 0 Å². The van der Waals surface area contributed by atoms with Gasteiger partial charge in [-0.25, -0.2) is 4.79 Å². The van der Waals surface area contributed by atoms with Crippen LogP contribution in [-0.4, -0.2) is 41.3 Å². The highest BCUT2D eigenvalue weighted by Gasteiger charge is 2.39. The summed E-state index contributed by atoms with van der Waals surface area (Å²) in [6.07, 6.45) is 3.04. The van der Waals surface area contributed by atoms with Gasteiger partial charge in [0.25, 0.3) is 0 Å². The molecule has 2 rings (SSSR count). The molecule has 15 heavy (non-hydrogen) atoms. The molecule has 1 saturated heterocycles. The van der Waals surface area contributed by atoms with Crippen molar-refractivity contribution in [2.75, 3.05) is 13.2 Å². The Kier molecular flexibility index (Phi) is 2.79. The van der Waals surface area contributed by atoms with Gasteiger partial charge in [-0.1, -0.05) is 12.8 Å². The Bertz CT molecular complexity index is 277. The van der Waals surface area contributed by atoms with E-state index >= 15 is 0 Å². The molecule has 1 saturated carbocycles. The van der Waals surface area contributed by atoms with Crippen molar-refractivity contribution >= 4 is 12.1 Å². The van der Waals surface area contributed by atoms with Crippen LogP contribution in [0, 0.1) is 5.92 Å². The molecule has 0 aromatic heterocycles. The Morgan fingerprint density at radius 2 is 2.13 bits per heavy atom. The standard InChI is InChI=1S/C10H15NO4/c12-9(13)7-3-1-2-4-8(7)11-5-6-15-10(11)14/h7-8H,1-6H2,(H,12,13). The normalized spacial score (nSPS) is 31.5. The summed E-state index contributed by atoms with van der Waals surface area (Å²) in [5.41, 5.74) is 0. The molecule has 0 bridgehead atoms. The largest absolute Gasteiger partial charge is 0.481 e. The molecule has 2 fully saturated rings. The highest BCUT2D eigenvalue weighted by molar-refractivity contribution is 5.74. The minimum atomic E-state index is -0.792. The van der Waals surface area contributed by atoms with E-state index in [1.807, 2.05) is 0 Å². The molecule has 1 N–H and O–H groups in total. The summed E-state index contributed by atoms with van der Waals surface area (Å²) in [7, 11) is 0. The molecule has 5 nitrogen and oxygen atoms in total. The number of hydrogen-bond donors (Lipinski definition) is 1. The first kappa shape index (κ1) is 10.3. The fourth-order valence-electron chi connectivity index (χ4n) is 2.48. The van der Waals surface area contributed by atoms with Gasteiger partial charge in [0.15, 0.2) is 0 Å². The van der Waals surface area contributed by atoms with Crippen LogP contribution in [0.2, 0.25) is 0 Å². The average molecular weight is 213 g/mol. The minimum absolute atomic E-state index is 0.161. The first-order valence-electron chi connectivity index (χ1n) is 5.36. The molecular weight excluding hydrogens is 198 g/mol. The quantitative estimate of drug-likeness (QED) is 0.745. The number of carbonyl (C=O) groups excluding carboxylic acids is 1. The van der Waals surface area contributed by atoms with Crippen LogP contribution in [0.25, 0.3) is 0 Å². The molecule has 1 heterocycles. The molecule has 0 aromatic rings. The van der Waals surface area contributed by atoms with Gasteiger partial charge in [0.2, 0.25) is 0 Å². The lowest BCUT2D eigenvalue weighted by molar-refractivity contribution is -0.144. The zero-order chi connectivity index (χ0) is 10.8. The van der Waals surface area contributed by atoms with Gasteiger partial charge in [-0.15, -0.1) is 0 Å². The van der Waals surface area contributed by atoms with E-state index in [4.69, 9.17) is 9.84 Å². The van der Waals surface area contributed by atoms with E-state index in [-0.39, 0.29) is 12.1 Å². The highest BCUT2D eigenvalue weighted by atomic mass is 16.6. The van der Waals surface area contributed by atoms with Gasteiger partial charge in [0.05, 0.1) is 12.5 Å². The van der Waals surface area contributed by atoms with E-state index in [1.54, 1.807) is 4.90 Å². The van der Waals surface area contributed by atoms with Gasteiger partial charge in [-0.3, -0.25) is 4.79 Å². The summed E-state index contributed by atoms with van der Waals surface area (Å²) in [6, 6.07) is -0.161. The number of carbonyl (C=O) groups is 2. The zero-order valence-corrected chi connectivity index (χ0v) is 8.52. The number of nitrogens with zero attached hydrogens (tertiary/aromatic N) is 1. The smallest absolute Gasteiger partial charge is 0.410 e. The number of carboxylic acids is 1. The van der Waals surface area contributed by atoms with Crippen LogP contribution in [0.5, 0.6) is 0 Å². The number of aliphatic carboxylic acids is 1. The fraction of sp³-hybridized carbons (Fsp3) is 0.800. The first-order valence-corrected chi connectivity index (χ1v) is 5.36. The summed E-state index contributed by atoms with van der Waals surface area (Å²) < 4.78 is 4.84. The molecule has 2 unspecified atom stereocenters. The number of cyclic esters (lactones) is 1. The predicted octanol–water partition coefficient (Wildman–Crippen LogP) is 1.08. The third-order valence-corrected chi connectivity index (χ3v) is 3.24. The minimum Gasteiger partial charge on any atom is -0.481 e. The van der Waals surface area contributed by atoms with Crippen molar-refractivity contribution < 1.29 is 19.4 Å². The van der Waals surface area contributed by atoms with Crippen molar-refractivity contribution in [3.8, 4) is 0 Å². The monoisotopic (exact) mass is 213 g/mol. The van der Waals surface area contributed by atoms with Crippen molar-refractivity contribution in [1.82, 2.24) is 4.90 Å². The SMILES string of the molecule is O=C(O)C1CCCCC1N1CCOC1=O. The molecule has 84 valence electrons. The number of carboxylic acid groups (broad SMARTS) is 1. The maximum atomic E-state index is 11.4. The maximum Gasteiger partial charge on any atom is 0.410 e. The van der Waals surface area contributed by atoms with Gasteiger partial charge >= 0.3 is 12.1 Å². The van der Waals surface area contributed by atoms with Crippen LogP contribution in [0.4, 0.5) is 4.79 Å². The van der Waals surface area contributed by atoms with Crippen LogP contribution in [0.1, 0.15) is 25.7 Å². The Balaban J connectivity index is 2.10. The lowest BCUT2D eigenvalue weighted by atomic mass is 9.84. The van der Waals surface area contributed by atoms with Crippen LogP contribution in [-0.2, 0) is 9.53 Å². The molecule has 1 aliphatic carbocycles. The van der Waals surface area contributed by atoms with Crippen molar-refractivity contribution in [3.05, 3.63) is 0 Å². The summed E-state index contributed by atoms with van der Waals surface area (Å²) in [6.45, 7) is 0.926. The fourth-order valence-corrected chi connectivity index (χ4v) is 2.48. The van der Waals surface area contributed by atoms with Crippen molar-refractivity contribution in [3.63, 3.8) is 0 Å². The Morgan fingerprint density at radius 3 is 2.73 bits per heavy atom. The van der Waals surface area contributed by atoms with Crippen LogP contribution in [0.3, 0.4) is 0 Å². The Labute approximate surface area is 88.0 Å². The Morgan fingerprint density at radius 1 is 1.40 bits per heavy atom. The van der Waals surface area contributed by atoms with Crippen molar-refractivity contribution in [1.29, 1.82) is 0 Å². The van der Waals surface area contributed by atoms with E-state index in [9.17, 15) is 9.59 Å². The molecule has 1 amide bonds. The summed E-state index contributed by atoms with van der Waals surface area (Å²) in [5.74, 6) is -1.20. The van der Waals surface area contributed by atoms with Gasteiger partial charge in [0.1, 0.15) is 6.61 Å². The molecule has 1 aliphatic heterocycles. The van der Waals surface area contributed by atoms with Crippen molar-refractivity contribution in [2.45, 2.75) is 31.7 Å². The molecule has 0 aromatic carbocycles. The lowest BCUT2D eigenvalue weighted by Crippen LogP contribution is -2.45. The number of hydrogen-bond acceptors (Lipinski definition) is 3. The predicted molar refractivity (Wildman–Crippen MR) is 51.4 cm³/mol. The molecule has 0 radical (unpaired) electrons. The second-order valence-electron chi connectivity index (χ2n) is 4.10.